The van der Waals surface area contributed by atoms with Gasteiger partial charge in [-0.25, -0.2) is 0 Å². The van der Waals surface area contributed by atoms with Crippen LogP contribution in [-0.2, 0) is 11.3 Å². The monoisotopic (exact) mass is 331 g/mol. The van der Waals surface area contributed by atoms with E-state index >= 15 is 0 Å². The molecule has 2 N–H and O–H groups in total. The molecule has 2 aliphatic rings. The number of aliphatic hydroxyl groups is 1. The highest BCUT2D eigenvalue weighted by atomic mass is 16.3. The Balaban J connectivity index is 1.36. The maximum atomic E-state index is 12.2. The Bertz CT molecular complexity index is 515. The predicted molar refractivity (Wildman–Crippen MR) is 94.6 cm³/mol. The van der Waals surface area contributed by atoms with E-state index in [1.54, 1.807) is 0 Å². The number of aliphatic hydroxyl groups excluding tert-OH is 1. The summed E-state index contributed by atoms with van der Waals surface area (Å²) in [6.45, 7) is 5.02. The van der Waals surface area contributed by atoms with Crippen LogP contribution in [-0.4, -0.2) is 65.7 Å². The van der Waals surface area contributed by atoms with Gasteiger partial charge in [-0.05, 0) is 37.8 Å². The largest absolute Gasteiger partial charge is 0.392 e. The Hall–Kier alpha value is -1.43. The van der Waals surface area contributed by atoms with Crippen LogP contribution in [0.4, 0.5) is 0 Å². The summed E-state index contributed by atoms with van der Waals surface area (Å²) in [6.07, 6.45) is 3.60. The molecule has 3 rings (SSSR count). The first-order valence-electron chi connectivity index (χ1n) is 9.15. The van der Waals surface area contributed by atoms with Crippen molar-refractivity contribution >= 4 is 5.91 Å². The summed E-state index contributed by atoms with van der Waals surface area (Å²) in [4.78, 5) is 16.7. The summed E-state index contributed by atoms with van der Waals surface area (Å²) in [7, 11) is 0. The molecule has 1 atom stereocenters. The summed E-state index contributed by atoms with van der Waals surface area (Å²) in [5.41, 5.74) is 1.35. The second-order valence-corrected chi connectivity index (χ2v) is 7.13. The Labute approximate surface area is 144 Å². The molecule has 1 aromatic carbocycles. The Morgan fingerprint density at radius 3 is 2.54 bits per heavy atom. The van der Waals surface area contributed by atoms with E-state index < -0.39 is 0 Å². The number of nitrogens with zero attached hydrogens (tertiary/aromatic N) is 2. The van der Waals surface area contributed by atoms with Crippen molar-refractivity contribution in [2.45, 2.75) is 44.4 Å². The van der Waals surface area contributed by atoms with Crippen molar-refractivity contribution in [1.29, 1.82) is 0 Å². The summed E-state index contributed by atoms with van der Waals surface area (Å²) in [5, 5.41) is 12.9. The standard InChI is InChI=1S/C19H29N3O2/c23-18-7-4-10-22(14-18)15-19(24)20-17-8-11-21(12-9-17)13-16-5-2-1-3-6-16/h1-3,5-6,17-18,23H,4,7-15H2,(H,20,24)/t18-/m1/s1. The van der Waals surface area contributed by atoms with Gasteiger partial charge in [-0.1, -0.05) is 30.3 Å². The van der Waals surface area contributed by atoms with Crippen LogP contribution in [0.1, 0.15) is 31.2 Å². The van der Waals surface area contributed by atoms with Crippen molar-refractivity contribution in [3.05, 3.63) is 35.9 Å². The molecule has 2 saturated heterocycles. The highest BCUT2D eigenvalue weighted by molar-refractivity contribution is 5.78. The number of likely N-dealkylation sites (tertiary alicyclic amines) is 2. The molecule has 1 aromatic rings. The molecule has 2 fully saturated rings. The van der Waals surface area contributed by atoms with Crippen molar-refractivity contribution in [3.8, 4) is 0 Å². The van der Waals surface area contributed by atoms with Gasteiger partial charge in [0.15, 0.2) is 0 Å². The van der Waals surface area contributed by atoms with Crippen LogP contribution in [0.2, 0.25) is 0 Å². The molecule has 0 radical (unpaired) electrons. The first-order valence-corrected chi connectivity index (χ1v) is 9.15. The van der Waals surface area contributed by atoms with E-state index in [4.69, 9.17) is 0 Å². The quantitative estimate of drug-likeness (QED) is 0.852. The molecule has 2 aliphatic heterocycles. The number of carbonyl (C=O) groups excluding carboxylic acids is 1. The van der Waals surface area contributed by atoms with Crippen LogP contribution in [0.3, 0.4) is 0 Å². The Morgan fingerprint density at radius 1 is 1.08 bits per heavy atom. The molecule has 0 saturated carbocycles. The summed E-state index contributed by atoms with van der Waals surface area (Å²) < 4.78 is 0. The number of amides is 1. The lowest BCUT2D eigenvalue weighted by Gasteiger charge is -2.33. The average molecular weight is 331 g/mol. The molecule has 0 unspecified atom stereocenters. The van der Waals surface area contributed by atoms with Gasteiger partial charge >= 0.3 is 0 Å². The second kappa shape index (κ2) is 8.60. The van der Waals surface area contributed by atoms with Gasteiger partial charge in [0.1, 0.15) is 0 Å². The maximum absolute atomic E-state index is 12.2. The third-order valence-corrected chi connectivity index (χ3v) is 5.05. The molecule has 5 heteroatoms. The third kappa shape index (κ3) is 5.30. The van der Waals surface area contributed by atoms with E-state index in [9.17, 15) is 9.90 Å². The van der Waals surface area contributed by atoms with E-state index in [0.29, 0.717) is 19.1 Å². The smallest absolute Gasteiger partial charge is 0.234 e. The zero-order chi connectivity index (χ0) is 16.8. The van der Waals surface area contributed by atoms with Crippen LogP contribution in [0.5, 0.6) is 0 Å². The number of hydrogen-bond acceptors (Lipinski definition) is 4. The van der Waals surface area contributed by atoms with Crippen LogP contribution in [0, 0.1) is 0 Å². The van der Waals surface area contributed by atoms with Crippen molar-refractivity contribution < 1.29 is 9.90 Å². The van der Waals surface area contributed by atoms with Crippen molar-refractivity contribution in [2.24, 2.45) is 0 Å². The zero-order valence-electron chi connectivity index (χ0n) is 14.4. The lowest BCUT2D eigenvalue weighted by atomic mass is 10.0. The topological polar surface area (TPSA) is 55.8 Å². The average Bonchev–Trinajstić information content (AvgIpc) is 2.57. The number of carbonyl (C=O) groups is 1. The fourth-order valence-corrected chi connectivity index (χ4v) is 3.73. The van der Waals surface area contributed by atoms with Crippen molar-refractivity contribution in [1.82, 2.24) is 15.1 Å². The molecule has 0 bridgehead atoms. The summed E-state index contributed by atoms with van der Waals surface area (Å²) in [6, 6.07) is 10.8. The minimum absolute atomic E-state index is 0.102. The molecule has 24 heavy (non-hydrogen) atoms. The molecule has 0 aromatic heterocycles. The van der Waals surface area contributed by atoms with Gasteiger partial charge in [-0.3, -0.25) is 14.6 Å². The van der Waals surface area contributed by atoms with Crippen LogP contribution >= 0.6 is 0 Å². The summed E-state index contributed by atoms with van der Waals surface area (Å²) in [5.74, 6) is 0.102. The molecule has 0 aliphatic carbocycles. The van der Waals surface area contributed by atoms with Gasteiger partial charge in [-0.2, -0.15) is 0 Å². The molecule has 132 valence electrons. The molecule has 5 nitrogen and oxygen atoms in total. The number of benzene rings is 1. The third-order valence-electron chi connectivity index (χ3n) is 5.05. The fraction of sp³-hybridized carbons (Fsp3) is 0.632. The number of piperidine rings is 2. The molecule has 2 heterocycles. The van der Waals surface area contributed by atoms with E-state index in [2.05, 4.69) is 39.4 Å². The number of hydrogen-bond donors (Lipinski definition) is 2. The molecular weight excluding hydrogens is 302 g/mol. The van der Waals surface area contributed by atoms with Crippen LogP contribution in [0.15, 0.2) is 30.3 Å². The first kappa shape index (κ1) is 17.4. The van der Waals surface area contributed by atoms with E-state index in [1.807, 2.05) is 6.07 Å². The van der Waals surface area contributed by atoms with E-state index in [1.165, 1.54) is 5.56 Å². The minimum atomic E-state index is -0.271. The molecular formula is C19H29N3O2. The van der Waals surface area contributed by atoms with Crippen molar-refractivity contribution in [3.63, 3.8) is 0 Å². The van der Waals surface area contributed by atoms with Gasteiger partial charge in [-0.15, -0.1) is 0 Å². The second-order valence-electron chi connectivity index (χ2n) is 7.13. The normalized spacial score (nSPS) is 24.0. The lowest BCUT2D eigenvalue weighted by Crippen LogP contribution is -2.49. The number of nitrogens with one attached hydrogen (secondary N) is 1. The van der Waals surface area contributed by atoms with E-state index in [-0.39, 0.29) is 12.0 Å². The van der Waals surface area contributed by atoms with Gasteiger partial charge in [0, 0.05) is 32.2 Å². The van der Waals surface area contributed by atoms with Crippen LogP contribution < -0.4 is 5.32 Å². The fourth-order valence-electron chi connectivity index (χ4n) is 3.73. The highest BCUT2D eigenvalue weighted by Crippen LogP contribution is 2.14. The van der Waals surface area contributed by atoms with E-state index in [0.717, 1.165) is 51.9 Å². The zero-order valence-corrected chi connectivity index (χ0v) is 14.4. The van der Waals surface area contributed by atoms with Gasteiger partial charge in [0.25, 0.3) is 0 Å². The Kier molecular flexibility index (Phi) is 6.24. The predicted octanol–water partition coefficient (Wildman–Crippen LogP) is 1.22. The van der Waals surface area contributed by atoms with Crippen LogP contribution in [0.25, 0.3) is 0 Å². The number of β-amino-alcohol motifs (C(OH)–C–C–N with tert-alkyl or cyclic N) is 1. The number of rotatable bonds is 5. The summed E-state index contributed by atoms with van der Waals surface area (Å²) >= 11 is 0. The molecule has 1 amide bonds. The Morgan fingerprint density at radius 2 is 1.83 bits per heavy atom. The van der Waals surface area contributed by atoms with Crippen molar-refractivity contribution in [2.75, 3.05) is 32.7 Å². The van der Waals surface area contributed by atoms with Gasteiger partial charge < -0.3 is 10.4 Å². The van der Waals surface area contributed by atoms with Gasteiger partial charge in [0.2, 0.25) is 5.91 Å². The lowest BCUT2D eigenvalue weighted by molar-refractivity contribution is -0.124. The molecule has 0 spiro atoms. The first-order chi connectivity index (χ1) is 11.7. The highest BCUT2D eigenvalue weighted by Gasteiger charge is 2.23. The SMILES string of the molecule is O=C(CN1CCC[C@@H](O)C1)NC1CCN(Cc2ccccc2)CC1. The van der Waals surface area contributed by atoms with Gasteiger partial charge in [0.05, 0.1) is 12.6 Å². The minimum Gasteiger partial charge on any atom is -0.392 e. The maximum Gasteiger partial charge on any atom is 0.234 e.